The highest BCUT2D eigenvalue weighted by Gasteiger charge is 2.23. The summed E-state index contributed by atoms with van der Waals surface area (Å²) < 4.78 is 0. The molecular weight excluding hydrogens is 386 g/mol. The molecule has 2 aromatic heterocycles. The van der Waals surface area contributed by atoms with Crippen LogP contribution < -0.4 is 0 Å². The van der Waals surface area contributed by atoms with Crippen LogP contribution in [0.4, 0.5) is 0 Å². The SMILES string of the molecule is O=C(c1ccccc1SCc1cccs1)N1CCN(Cc2ccncc2)CC1. The normalized spacial score (nSPS) is 14.9. The number of hydrogen-bond acceptors (Lipinski definition) is 5. The van der Waals surface area contributed by atoms with Gasteiger partial charge in [0.25, 0.3) is 5.91 Å². The van der Waals surface area contributed by atoms with Gasteiger partial charge in [-0.1, -0.05) is 18.2 Å². The number of thioether (sulfide) groups is 1. The van der Waals surface area contributed by atoms with Crippen LogP contribution in [0.15, 0.2) is 71.2 Å². The highest BCUT2D eigenvalue weighted by atomic mass is 32.2. The average molecular weight is 410 g/mol. The number of amides is 1. The highest BCUT2D eigenvalue weighted by molar-refractivity contribution is 7.98. The van der Waals surface area contributed by atoms with Crippen molar-refractivity contribution in [2.24, 2.45) is 0 Å². The van der Waals surface area contributed by atoms with E-state index in [2.05, 4.69) is 45.6 Å². The van der Waals surface area contributed by atoms with Gasteiger partial charge >= 0.3 is 0 Å². The second kappa shape index (κ2) is 9.37. The number of benzene rings is 1. The van der Waals surface area contributed by atoms with Crippen LogP contribution in [0.5, 0.6) is 0 Å². The molecule has 0 unspecified atom stereocenters. The average Bonchev–Trinajstić information content (AvgIpc) is 3.27. The van der Waals surface area contributed by atoms with Crippen molar-refractivity contribution < 1.29 is 4.79 Å². The standard InChI is InChI=1S/C22H23N3OS2/c26-22(20-5-1-2-6-21(20)28-17-19-4-3-15-27-19)25-13-11-24(12-14-25)16-18-7-9-23-10-8-18/h1-10,15H,11-14,16-17H2. The van der Waals surface area contributed by atoms with E-state index in [9.17, 15) is 4.79 Å². The zero-order valence-electron chi connectivity index (χ0n) is 15.7. The Labute approximate surface area is 174 Å². The van der Waals surface area contributed by atoms with Crippen LogP contribution in [0.2, 0.25) is 0 Å². The second-order valence-corrected chi connectivity index (χ2v) is 8.84. The molecule has 28 heavy (non-hydrogen) atoms. The first kappa shape index (κ1) is 19.2. The third kappa shape index (κ3) is 4.82. The lowest BCUT2D eigenvalue weighted by Gasteiger charge is -2.35. The minimum atomic E-state index is 0.151. The third-order valence-electron chi connectivity index (χ3n) is 4.88. The summed E-state index contributed by atoms with van der Waals surface area (Å²) in [5.74, 6) is 1.06. The Bertz CT molecular complexity index is 891. The Kier molecular flexibility index (Phi) is 6.41. The smallest absolute Gasteiger partial charge is 0.255 e. The Morgan fingerprint density at radius 1 is 1.00 bits per heavy atom. The molecule has 0 spiro atoms. The quantitative estimate of drug-likeness (QED) is 0.566. The van der Waals surface area contributed by atoms with Gasteiger partial charge in [0.15, 0.2) is 0 Å². The van der Waals surface area contributed by atoms with Gasteiger partial charge in [0.05, 0.1) is 5.56 Å². The fraction of sp³-hybridized carbons (Fsp3) is 0.273. The summed E-state index contributed by atoms with van der Waals surface area (Å²) in [7, 11) is 0. The molecule has 1 saturated heterocycles. The highest BCUT2D eigenvalue weighted by Crippen LogP contribution is 2.29. The van der Waals surface area contributed by atoms with E-state index in [1.807, 2.05) is 35.5 Å². The van der Waals surface area contributed by atoms with Gasteiger partial charge in [-0.25, -0.2) is 0 Å². The van der Waals surface area contributed by atoms with E-state index < -0.39 is 0 Å². The molecule has 1 fully saturated rings. The number of thiophene rings is 1. The molecule has 1 aromatic carbocycles. The van der Waals surface area contributed by atoms with Crippen molar-refractivity contribution in [3.63, 3.8) is 0 Å². The van der Waals surface area contributed by atoms with Crippen LogP contribution in [-0.2, 0) is 12.3 Å². The van der Waals surface area contributed by atoms with Crippen molar-refractivity contribution in [1.29, 1.82) is 0 Å². The fourth-order valence-corrected chi connectivity index (χ4v) is 5.16. The van der Waals surface area contributed by atoms with Gasteiger partial charge in [-0.05, 0) is 41.3 Å². The first-order valence-corrected chi connectivity index (χ1v) is 11.3. The zero-order chi connectivity index (χ0) is 19.2. The van der Waals surface area contributed by atoms with Gasteiger partial charge in [0.1, 0.15) is 0 Å². The molecule has 1 aliphatic rings. The van der Waals surface area contributed by atoms with Gasteiger partial charge in [-0.2, -0.15) is 0 Å². The fourth-order valence-electron chi connectivity index (χ4n) is 3.34. The maximum absolute atomic E-state index is 13.1. The second-order valence-electron chi connectivity index (χ2n) is 6.79. The molecule has 3 heterocycles. The number of hydrogen-bond donors (Lipinski definition) is 0. The van der Waals surface area contributed by atoms with Crippen LogP contribution in [0.3, 0.4) is 0 Å². The number of nitrogens with zero attached hydrogens (tertiary/aromatic N) is 3. The number of piperazine rings is 1. The van der Waals surface area contributed by atoms with E-state index >= 15 is 0 Å². The molecule has 1 aliphatic heterocycles. The van der Waals surface area contributed by atoms with Crippen LogP contribution in [0.1, 0.15) is 20.8 Å². The Balaban J connectivity index is 1.36. The summed E-state index contributed by atoms with van der Waals surface area (Å²) in [6.07, 6.45) is 3.67. The molecule has 0 saturated carbocycles. The van der Waals surface area contributed by atoms with Crippen molar-refractivity contribution in [3.8, 4) is 0 Å². The van der Waals surface area contributed by atoms with Crippen LogP contribution in [0, 0.1) is 0 Å². The van der Waals surface area contributed by atoms with Gasteiger partial charge in [0, 0.05) is 60.6 Å². The molecule has 0 radical (unpaired) electrons. The van der Waals surface area contributed by atoms with Crippen molar-refractivity contribution in [1.82, 2.24) is 14.8 Å². The molecule has 4 rings (SSSR count). The maximum Gasteiger partial charge on any atom is 0.255 e. The minimum Gasteiger partial charge on any atom is -0.336 e. The van der Waals surface area contributed by atoms with E-state index in [4.69, 9.17) is 0 Å². The Hall–Kier alpha value is -2.15. The van der Waals surface area contributed by atoms with Crippen molar-refractivity contribution in [2.75, 3.05) is 26.2 Å². The van der Waals surface area contributed by atoms with E-state index in [-0.39, 0.29) is 5.91 Å². The van der Waals surface area contributed by atoms with E-state index in [0.29, 0.717) is 0 Å². The number of carbonyl (C=O) groups excluding carboxylic acids is 1. The molecule has 0 N–H and O–H groups in total. The summed E-state index contributed by atoms with van der Waals surface area (Å²) in [4.78, 5) is 24.0. The molecule has 3 aromatic rings. The monoisotopic (exact) mass is 409 g/mol. The van der Waals surface area contributed by atoms with Crippen molar-refractivity contribution in [3.05, 3.63) is 82.3 Å². The molecular formula is C22H23N3OS2. The van der Waals surface area contributed by atoms with Gasteiger partial charge in [-0.15, -0.1) is 23.1 Å². The summed E-state index contributed by atoms with van der Waals surface area (Å²) in [5, 5.41) is 2.10. The van der Waals surface area contributed by atoms with Gasteiger partial charge in [0.2, 0.25) is 0 Å². The predicted molar refractivity (Wildman–Crippen MR) is 116 cm³/mol. The first-order chi connectivity index (χ1) is 13.8. The lowest BCUT2D eigenvalue weighted by atomic mass is 10.1. The lowest BCUT2D eigenvalue weighted by Crippen LogP contribution is -2.48. The topological polar surface area (TPSA) is 36.4 Å². The van der Waals surface area contributed by atoms with E-state index in [1.165, 1.54) is 10.4 Å². The van der Waals surface area contributed by atoms with Gasteiger partial charge < -0.3 is 4.90 Å². The minimum absolute atomic E-state index is 0.151. The molecule has 6 heteroatoms. The molecule has 1 amide bonds. The van der Waals surface area contributed by atoms with E-state index in [0.717, 1.165) is 48.9 Å². The number of aromatic nitrogens is 1. The Morgan fingerprint density at radius 2 is 1.79 bits per heavy atom. The van der Waals surface area contributed by atoms with Gasteiger partial charge in [-0.3, -0.25) is 14.7 Å². The van der Waals surface area contributed by atoms with Crippen molar-refractivity contribution >= 4 is 29.0 Å². The van der Waals surface area contributed by atoms with Crippen LogP contribution in [-0.4, -0.2) is 46.9 Å². The number of carbonyl (C=O) groups is 1. The van der Waals surface area contributed by atoms with E-state index in [1.54, 1.807) is 23.1 Å². The largest absolute Gasteiger partial charge is 0.336 e. The molecule has 144 valence electrons. The molecule has 4 nitrogen and oxygen atoms in total. The summed E-state index contributed by atoms with van der Waals surface area (Å²) in [6.45, 7) is 4.26. The summed E-state index contributed by atoms with van der Waals surface area (Å²) in [6, 6.07) is 16.3. The third-order valence-corrected chi connectivity index (χ3v) is 7.06. The molecule has 0 aliphatic carbocycles. The van der Waals surface area contributed by atoms with Crippen molar-refractivity contribution in [2.45, 2.75) is 17.2 Å². The summed E-state index contributed by atoms with van der Waals surface area (Å²) in [5.41, 5.74) is 2.09. The molecule has 0 bridgehead atoms. The maximum atomic E-state index is 13.1. The number of rotatable bonds is 6. The summed E-state index contributed by atoms with van der Waals surface area (Å²) >= 11 is 3.51. The zero-order valence-corrected chi connectivity index (χ0v) is 17.3. The predicted octanol–water partition coefficient (Wildman–Crippen LogP) is 4.39. The first-order valence-electron chi connectivity index (χ1n) is 9.44. The number of pyridine rings is 1. The van der Waals surface area contributed by atoms with Crippen LogP contribution in [0.25, 0.3) is 0 Å². The lowest BCUT2D eigenvalue weighted by molar-refractivity contribution is 0.0625. The Morgan fingerprint density at radius 3 is 2.54 bits per heavy atom. The molecule has 0 atom stereocenters. The van der Waals surface area contributed by atoms with Crippen LogP contribution >= 0.6 is 23.1 Å².